The molecule has 0 aliphatic heterocycles. The van der Waals surface area contributed by atoms with E-state index in [0.717, 1.165) is 23.3 Å². The number of sulfonamides is 1. The molecule has 0 fully saturated rings. The average Bonchev–Trinajstić information content (AvgIpc) is 2.38. The van der Waals surface area contributed by atoms with Crippen LogP contribution in [-0.4, -0.2) is 27.0 Å². The molecular formula is C12H20N2O2S2. The normalized spacial score (nSPS) is 11.7. The van der Waals surface area contributed by atoms with Crippen molar-refractivity contribution in [2.75, 3.05) is 18.6 Å². The molecule has 0 amide bonds. The van der Waals surface area contributed by atoms with E-state index < -0.39 is 10.0 Å². The van der Waals surface area contributed by atoms with E-state index in [4.69, 9.17) is 5.73 Å². The zero-order valence-corrected chi connectivity index (χ0v) is 12.4. The molecule has 4 nitrogen and oxygen atoms in total. The van der Waals surface area contributed by atoms with Crippen LogP contribution < -0.4 is 10.5 Å². The van der Waals surface area contributed by atoms with E-state index in [-0.39, 0.29) is 0 Å². The number of thioether (sulfide) groups is 1. The van der Waals surface area contributed by atoms with E-state index in [2.05, 4.69) is 4.72 Å². The molecule has 0 radical (unpaired) electrons. The molecule has 0 heterocycles. The maximum Gasteiger partial charge on any atom is 0.240 e. The van der Waals surface area contributed by atoms with Crippen molar-refractivity contribution in [1.29, 1.82) is 0 Å². The fourth-order valence-corrected chi connectivity index (χ4v) is 3.18. The Balaban J connectivity index is 2.95. The van der Waals surface area contributed by atoms with E-state index >= 15 is 0 Å². The SMILES string of the molecule is CCc1ccc(S(=O)(=O)NCCSC)cc1CN. The quantitative estimate of drug-likeness (QED) is 0.743. The average molecular weight is 288 g/mol. The predicted octanol–water partition coefficient (Wildman–Crippen LogP) is 1.35. The van der Waals surface area contributed by atoms with Crippen molar-refractivity contribution in [3.63, 3.8) is 0 Å². The van der Waals surface area contributed by atoms with Crippen LogP contribution in [0.5, 0.6) is 0 Å². The Morgan fingerprint density at radius 1 is 1.33 bits per heavy atom. The number of rotatable bonds is 7. The number of hydrogen-bond donors (Lipinski definition) is 2. The van der Waals surface area contributed by atoms with Crippen LogP contribution in [0, 0.1) is 0 Å². The molecule has 0 saturated carbocycles. The van der Waals surface area contributed by atoms with Gasteiger partial charge in [-0.3, -0.25) is 0 Å². The van der Waals surface area contributed by atoms with Crippen molar-refractivity contribution in [2.45, 2.75) is 24.8 Å². The number of hydrogen-bond acceptors (Lipinski definition) is 4. The highest BCUT2D eigenvalue weighted by Gasteiger charge is 2.14. The fraction of sp³-hybridized carbons (Fsp3) is 0.500. The summed E-state index contributed by atoms with van der Waals surface area (Å²) in [6.45, 7) is 2.83. The van der Waals surface area contributed by atoms with Gasteiger partial charge in [-0.1, -0.05) is 13.0 Å². The van der Waals surface area contributed by atoms with Crippen molar-refractivity contribution < 1.29 is 8.42 Å². The van der Waals surface area contributed by atoms with Crippen LogP contribution >= 0.6 is 11.8 Å². The molecule has 1 aromatic carbocycles. The summed E-state index contributed by atoms with van der Waals surface area (Å²) in [5.74, 6) is 0.760. The first-order valence-corrected chi connectivity index (χ1v) is 8.73. The Hall–Kier alpha value is -0.560. The summed E-state index contributed by atoms with van der Waals surface area (Å²) in [4.78, 5) is 0.293. The molecule has 102 valence electrons. The van der Waals surface area contributed by atoms with Gasteiger partial charge in [0.1, 0.15) is 0 Å². The lowest BCUT2D eigenvalue weighted by atomic mass is 10.1. The Kier molecular flexibility index (Phi) is 6.14. The van der Waals surface area contributed by atoms with E-state index in [1.54, 1.807) is 23.9 Å². The van der Waals surface area contributed by atoms with Crippen LogP contribution in [0.1, 0.15) is 18.1 Å². The van der Waals surface area contributed by atoms with Gasteiger partial charge in [0.25, 0.3) is 0 Å². The standard InChI is InChI=1S/C12H20N2O2S2/c1-3-10-4-5-12(8-11(10)9-13)18(15,16)14-6-7-17-2/h4-5,8,14H,3,6-7,9,13H2,1-2H3. The first kappa shape index (κ1) is 15.5. The van der Waals surface area contributed by atoms with Gasteiger partial charge in [0.2, 0.25) is 10.0 Å². The lowest BCUT2D eigenvalue weighted by molar-refractivity contribution is 0.584. The smallest absolute Gasteiger partial charge is 0.240 e. The van der Waals surface area contributed by atoms with Gasteiger partial charge in [-0.15, -0.1) is 0 Å². The highest BCUT2D eigenvalue weighted by atomic mass is 32.2. The van der Waals surface area contributed by atoms with E-state index in [0.29, 0.717) is 18.0 Å². The molecule has 0 spiro atoms. The molecule has 0 unspecified atom stereocenters. The van der Waals surface area contributed by atoms with E-state index in [1.807, 2.05) is 19.2 Å². The Labute approximate surface area is 113 Å². The van der Waals surface area contributed by atoms with Crippen molar-refractivity contribution in [1.82, 2.24) is 4.72 Å². The lowest BCUT2D eigenvalue weighted by Gasteiger charge is -2.10. The van der Waals surface area contributed by atoms with Crippen molar-refractivity contribution in [2.24, 2.45) is 5.73 Å². The second-order valence-electron chi connectivity index (χ2n) is 3.88. The van der Waals surface area contributed by atoms with Gasteiger partial charge in [0, 0.05) is 18.8 Å². The first-order valence-electron chi connectivity index (χ1n) is 5.85. The first-order chi connectivity index (χ1) is 8.55. The summed E-state index contributed by atoms with van der Waals surface area (Å²) >= 11 is 1.60. The van der Waals surface area contributed by atoms with Crippen LogP contribution in [0.4, 0.5) is 0 Å². The van der Waals surface area contributed by atoms with Crippen molar-refractivity contribution in [3.05, 3.63) is 29.3 Å². The number of aryl methyl sites for hydroxylation is 1. The summed E-state index contributed by atoms with van der Waals surface area (Å²) in [6.07, 6.45) is 2.80. The largest absolute Gasteiger partial charge is 0.326 e. The van der Waals surface area contributed by atoms with Crippen LogP contribution in [0.2, 0.25) is 0 Å². The molecule has 6 heteroatoms. The number of nitrogens with one attached hydrogen (secondary N) is 1. The van der Waals surface area contributed by atoms with Gasteiger partial charge < -0.3 is 5.73 Å². The zero-order valence-electron chi connectivity index (χ0n) is 10.8. The Bertz CT molecular complexity index is 487. The molecule has 0 aliphatic rings. The number of nitrogens with two attached hydrogens (primary N) is 1. The summed E-state index contributed by atoms with van der Waals surface area (Å²) in [5, 5.41) is 0. The summed E-state index contributed by atoms with van der Waals surface area (Å²) < 4.78 is 26.6. The molecule has 0 atom stereocenters. The van der Waals surface area contributed by atoms with Gasteiger partial charge in [-0.25, -0.2) is 13.1 Å². The van der Waals surface area contributed by atoms with Crippen LogP contribution in [0.25, 0.3) is 0 Å². The Morgan fingerprint density at radius 3 is 2.61 bits per heavy atom. The molecular weight excluding hydrogens is 268 g/mol. The van der Waals surface area contributed by atoms with Crippen molar-refractivity contribution >= 4 is 21.8 Å². The summed E-state index contributed by atoms with van der Waals surface area (Å²) in [6, 6.07) is 5.14. The third-order valence-electron chi connectivity index (χ3n) is 2.69. The summed E-state index contributed by atoms with van der Waals surface area (Å²) in [7, 11) is -3.41. The van der Waals surface area contributed by atoms with Crippen LogP contribution in [0.15, 0.2) is 23.1 Å². The summed E-state index contributed by atoms with van der Waals surface area (Å²) in [5.41, 5.74) is 7.63. The van der Waals surface area contributed by atoms with E-state index in [1.165, 1.54) is 0 Å². The van der Waals surface area contributed by atoms with Gasteiger partial charge in [0.05, 0.1) is 4.90 Å². The van der Waals surface area contributed by atoms with Gasteiger partial charge in [-0.2, -0.15) is 11.8 Å². The number of benzene rings is 1. The molecule has 0 saturated heterocycles. The fourth-order valence-electron chi connectivity index (χ4n) is 1.67. The highest BCUT2D eigenvalue weighted by molar-refractivity contribution is 7.98. The minimum atomic E-state index is -3.41. The third kappa shape index (κ3) is 3.98. The molecule has 3 N–H and O–H groups in total. The maximum absolute atomic E-state index is 12.0. The van der Waals surface area contributed by atoms with E-state index in [9.17, 15) is 8.42 Å². The highest BCUT2D eigenvalue weighted by Crippen LogP contribution is 2.16. The van der Waals surface area contributed by atoms with Gasteiger partial charge in [0.15, 0.2) is 0 Å². The van der Waals surface area contributed by atoms with Gasteiger partial charge >= 0.3 is 0 Å². The maximum atomic E-state index is 12.0. The molecule has 1 rings (SSSR count). The predicted molar refractivity (Wildman–Crippen MR) is 77.3 cm³/mol. The molecule has 18 heavy (non-hydrogen) atoms. The minimum Gasteiger partial charge on any atom is -0.326 e. The third-order valence-corrected chi connectivity index (χ3v) is 4.76. The Morgan fingerprint density at radius 2 is 2.06 bits per heavy atom. The van der Waals surface area contributed by atoms with Gasteiger partial charge in [-0.05, 0) is 35.9 Å². The minimum absolute atomic E-state index is 0.293. The molecule has 1 aromatic rings. The molecule has 0 bridgehead atoms. The topological polar surface area (TPSA) is 72.2 Å². The lowest BCUT2D eigenvalue weighted by Crippen LogP contribution is -2.26. The molecule has 0 aromatic heterocycles. The molecule has 0 aliphatic carbocycles. The van der Waals surface area contributed by atoms with Crippen LogP contribution in [0.3, 0.4) is 0 Å². The van der Waals surface area contributed by atoms with Crippen molar-refractivity contribution in [3.8, 4) is 0 Å². The second-order valence-corrected chi connectivity index (χ2v) is 6.63. The zero-order chi connectivity index (χ0) is 13.6. The van der Waals surface area contributed by atoms with Crippen LogP contribution in [-0.2, 0) is 23.0 Å². The second kappa shape index (κ2) is 7.13. The monoisotopic (exact) mass is 288 g/mol.